The minimum atomic E-state index is -0.325. The summed E-state index contributed by atoms with van der Waals surface area (Å²) in [5.41, 5.74) is 2.67. The van der Waals surface area contributed by atoms with E-state index in [1.165, 1.54) is 11.8 Å². The lowest BCUT2D eigenvalue weighted by molar-refractivity contribution is -0.132. The summed E-state index contributed by atoms with van der Waals surface area (Å²) in [7, 11) is 0. The summed E-state index contributed by atoms with van der Waals surface area (Å²) in [5.74, 6) is 0.210. The van der Waals surface area contributed by atoms with Gasteiger partial charge in [-0.15, -0.1) is 0 Å². The summed E-state index contributed by atoms with van der Waals surface area (Å²) >= 11 is 0. The Morgan fingerprint density at radius 1 is 1.10 bits per heavy atom. The molecule has 5 nitrogen and oxygen atoms in total. The fourth-order valence-corrected chi connectivity index (χ4v) is 4.05. The van der Waals surface area contributed by atoms with Gasteiger partial charge in [0.05, 0.1) is 11.5 Å². The van der Waals surface area contributed by atoms with Crippen LogP contribution in [0.25, 0.3) is 0 Å². The van der Waals surface area contributed by atoms with E-state index in [2.05, 4.69) is 6.92 Å². The number of hydrogen-bond acceptors (Lipinski definition) is 5. The van der Waals surface area contributed by atoms with Gasteiger partial charge in [0.1, 0.15) is 24.2 Å². The second-order valence-corrected chi connectivity index (χ2v) is 7.88. The molecule has 1 fully saturated rings. The van der Waals surface area contributed by atoms with Crippen LogP contribution in [0, 0.1) is 12.8 Å². The first-order valence-electron chi connectivity index (χ1n) is 10.5. The lowest BCUT2D eigenvalue weighted by atomic mass is 9.80. The fourth-order valence-electron chi connectivity index (χ4n) is 4.05. The second-order valence-electron chi connectivity index (χ2n) is 7.88. The Labute approximate surface area is 176 Å². The molecule has 1 aliphatic heterocycles. The predicted octanol–water partition coefficient (Wildman–Crippen LogP) is 4.77. The Bertz CT molecular complexity index is 960. The van der Waals surface area contributed by atoms with Gasteiger partial charge in [0, 0.05) is 6.42 Å². The standard InChI is InChI=1S/C25H26O5/c1-3-17-8-10-18(11-9-17)29-23-15-28-22-14-19(12-13-21(22)24(23)26)30-25(27)20-7-5-4-6-16(20)2/h4-11,15,19,21-22H,3,12-14H2,1-2H3. The number of hydrogen-bond donors (Lipinski definition) is 0. The van der Waals surface area contributed by atoms with Gasteiger partial charge in [-0.2, -0.15) is 0 Å². The minimum Gasteiger partial charge on any atom is -0.493 e. The largest absolute Gasteiger partial charge is 0.493 e. The van der Waals surface area contributed by atoms with Crippen LogP contribution >= 0.6 is 0 Å². The molecular formula is C25H26O5. The summed E-state index contributed by atoms with van der Waals surface area (Å²) in [6.07, 6.45) is 3.53. The molecule has 0 amide bonds. The average Bonchev–Trinajstić information content (AvgIpc) is 2.76. The predicted molar refractivity (Wildman–Crippen MR) is 112 cm³/mol. The van der Waals surface area contributed by atoms with Gasteiger partial charge in [0.2, 0.25) is 11.5 Å². The van der Waals surface area contributed by atoms with E-state index < -0.39 is 0 Å². The number of fused-ring (bicyclic) bond motifs is 1. The summed E-state index contributed by atoms with van der Waals surface area (Å²) in [4.78, 5) is 25.4. The van der Waals surface area contributed by atoms with Crippen LogP contribution in [0.2, 0.25) is 0 Å². The van der Waals surface area contributed by atoms with Gasteiger partial charge in [-0.1, -0.05) is 37.3 Å². The number of carbonyl (C=O) groups excluding carboxylic acids is 2. The minimum absolute atomic E-state index is 0.0468. The molecular weight excluding hydrogens is 380 g/mol. The summed E-state index contributed by atoms with van der Waals surface area (Å²) in [6.45, 7) is 3.98. The van der Waals surface area contributed by atoms with Crippen molar-refractivity contribution >= 4 is 11.8 Å². The van der Waals surface area contributed by atoms with Gasteiger partial charge in [0.25, 0.3) is 0 Å². The first kappa shape index (κ1) is 20.2. The third kappa shape index (κ3) is 4.25. The molecule has 4 rings (SSSR count). The van der Waals surface area contributed by atoms with Crippen LogP contribution in [0.1, 0.15) is 47.7 Å². The molecule has 0 spiro atoms. The first-order chi connectivity index (χ1) is 14.5. The Morgan fingerprint density at radius 3 is 2.60 bits per heavy atom. The van der Waals surface area contributed by atoms with Crippen LogP contribution in [-0.2, 0) is 20.7 Å². The molecule has 1 aliphatic carbocycles. The summed E-state index contributed by atoms with van der Waals surface area (Å²) in [6, 6.07) is 15.1. The van der Waals surface area contributed by atoms with Crippen LogP contribution in [0.3, 0.4) is 0 Å². The summed E-state index contributed by atoms with van der Waals surface area (Å²) in [5, 5.41) is 0. The van der Waals surface area contributed by atoms with Crippen molar-refractivity contribution in [3.8, 4) is 5.75 Å². The van der Waals surface area contributed by atoms with E-state index in [0.717, 1.165) is 12.0 Å². The Hall–Kier alpha value is -3.08. The van der Waals surface area contributed by atoms with Crippen LogP contribution in [0.5, 0.6) is 5.75 Å². The highest BCUT2D eigenvalue weighted by Gasteiger charge is 2.42. The number of aryl methyl sites for hydroxylation is 2. The molecule has 5 heteroatoms. The third-order valence-corrected chi connectivity index (χ3v) is 5.87. The molecule has 0 N–H and O–H groups in total. The molecule has 2 aliphatic rings. The zero-order valence-electron chi connectivity index (χ0n) is 17.3. The molecule has 0 aromatic heterocycles. The molecule has 0 radical (unpaired) electrons. The quantitative estimate of drug-likeness (QED) is 0.669. The van der Waals surface area contributed by atoms with Crippen molar-refractivity contribution in [3.63, 3.8) is 0 Å². The molecule has 2 aromatic rings. The monoisotopic (exact) mass is 406 g/mol. The fraction of sp³-hybridized carbons (Fsp3) is 0.360. The maximum atomic E-state index is 12.9. The summed E-state index contributed by atoms with van der Waals surface area (Å²) < 4.78 is 17.3. The van der Waals surface area contributed by atoms with Gasteiger partial charge >= 0.3 is 5.97 Å². The lowest BCUT2D eigenvalue weighted by Crippen LogP contribution is -2.43. The van der Waals surface area contributed by atoms with Crippen LogP contribution in [0.4, 0.5) is 0 Å². The zero-order chi connectivity index (χ0) is 21.1. The van der Waals surface area contributed by atoms with E-state index in [-0.39, 0.29) is 35.6 Å². The lowest BCUT2D eigenvalue weighted by Gasteiger charge is -2.36. The van der Waals surface area contributed by atoms with Crippen molar-refractivity contribution in [2.45, 2.75) is 51.7 Å². The average molecular weight is 406 g/mol. The number of rotatable bonds is 5. The maximum absolute atomic E-state index is 12.9. The molecule has 1 heterocycles. The van der Waals surface area contributed by atoms with E-state index >= 15 is 0 Å². The van der Waals surface area contributed by atoms with Crippen molar-refractivity contribution in [2.75, 3.05) is 0 Å². The number of carbonyl (C=O) groups is 2. The van der Waals surface area contributed by atoms with Gasteiger partial charge < -0.3 is 14.2 Å². The SMILES string of the molecule is CCc1ccc(OC2=COC3CC(OC(=O)c4ccccc4C)CCC3C2=O)cc1. The topological polar surface area (TPSA) is 61.8 Å². The smallest absolute Gasteiger partial charge is 0.338 e. The van der Waals surface area contributed by atoms with Gasteiger partial charge in [-0.25, -0.2) is 4.79 Å². The Kier molecular flexibility index (Phi) is 5.88. The number of allylic oxidation sites excluding steroid dienone is 1. The van der Waals surface area contributed by atoms with E-state index in [9.17, 15) is 9.59 Å². The maximum Gasteiger partial charge on any atom is 0.338 e. The molecule has 0 bridgehead atoms. The van der Waals surface area contributed by atoms with Crippen LogP contribution in [0.15, 0.2) is 60.6 Å². The van der Waals surface area contributed by atoms with Crippen LogP contribution < -0.4 is 4.74 Å². The molecule has 0 saturated heterocycles. The second kappa shape index (κ2) is 8.74. The van der Waals surface area contributed by atoms with Crippen molar-refractivity contribution < 1.29 is 23.8 Å². The molecule has 30 heavy (non-hydrogen) atoms. The number of ketones is 1. The highest BCUT2D eigenvalue weighted by atomic mass is 16.6. The number of benzene rings is 2. The normalized spacial score (nSPS) is 23.1. The number of esters is 1. The van der Waals surface area contributed by atoms with Gasteiger partial charge in [-0.3, -0.25) is 4.79 Å². The van der Waals surface area contributed by atoms with Crippen molar-refractivity contribution in [1.29, 1.82) is 0 Å². The molecule has 156 valence electrons. The van der Waals surface area contributed by atoms with Crippen LogP contribution in [-0.4, -0.2) is 24.0 Å². The Balaban J connectivity index is 1.38. The van der Waals surface area contributed by atoms with Crippen molar-refractivity contribution in [1.82, 2.24) is 0 Å². The zero-order valence-corrected chi connectivity index (χ0v) is 17.3. The van der Waals surface area contributed by atoms with Gasteiger partial charge in [-0.05, 0) is 55.5 Å². The van der Waals surface area contributed by atoms with E-state index in [1.54, 1.807) is 6.07 Å². The third-order valence-electron chi connectivity index (χ3n) is 5.87. The van der Waals surface area contributed by atoms with Gasteiger partial charge in [0.15, 0.2) is 0 Å². The highest BCUT2D eigenvalue weighted by molar-refractivity contribution is 5.96. The first-order valence-corrected chi connectivity index (χ1v) is 10.5. The van der Waals surface area contributed by atoms with E-state index in [4.69, 9.17) is 14.2 Å². The molecule has 2 aromatic carbocycles. The van der Waals surface area contributed by atoms with Crippen molar-refractivity contribution in [3.05, 3.63) is 77.2 Å². The number of Topliss-reactive ketones (excluding diaryl/α,β-unsaturated/α-hetero) is 1. The molecule has 1 saturated carbocycles. The van der Waals surface area contributed by atoms with Crippen molar-refractivity contribution in [2.24, 2.45) is 5.92 Å². The molecule has 3 unspecified atom stereocenters. The Morgan fingerprint density at radius 2 is 1.87 bits per heavy atom. The molecule has 3 atom stereocenters. The highest BCUT2D eigenvalue weighted by Crippen LogP contribution is 2.35. The number of ether oxygens (including phenoxy) is 3. The van der Waals surface area contributed by atoms with E-state index in [0.29, 0.717) is 30.6 Å². The van der Waals surface area contributed by atoms with E-state index in [1.807, 2.05) is 49.4 Å².